The van der Waals surface area contributed by atoms with Gasteiger partial charge in [0.15, 0.2) is 4.32 Å². The minimum atomic E-state index is -0.517. The van der Waals surface area contributed by atoms with Crippen LogP contribution in [-0.4, -0.2) is 51.5 Å². The van der Waals surface area contributed by atoms with Gasteiger partial charge in [0.05, 0.1) is 28.6 Å². The monoisotopic (exact) mass is 451 g/mol. The molecule has 150 valence electrons. The highest BCUT2D eigenvalue weighted by Gasteiger charge is 2.37. The number of hydrogen-bond acceptors (Lipinski definition) is 8. The van der Waals surface area contributed by atoms with Crippen molar-refractivity contribution in [3.8, 4) is 11.3 Å². The number of benzene rings is 1. The number of hydrazine groups is 1. The number of nitro groups is 1. The molecule has 0 radical (unpaired) electrons. The molecule has 1 aromatic carbocycles. The summed E-state index contributed by atoms with van der Waals surface area (Å²) in [6.45, 7) is 2.25. The lowest BCUT2D eigenvalue weighted by atomic mass is 10.1. The van der Waals surface area contributed by atoms with Gasteiger partial charge in [0.2, 0.25) is 0 Å². The summed E-state index contributed by atoms with van der Waals surface area (Å²) in [4.78, 5) is 24.0. The Labute approximate surface area is 180 Å². The standard InChI is InChI=1S/C18H14ClN3O5S2/c19-11-1-3-13(14(9-11)22(24)25)15-4-2-12(27-15)10-16-17(23)21(18(28)29-16)20-5-7-26-8-6-20/h1-4,9-10H,5-8H2. The molecule has 29 heavy (non-hydrogen) atoms. The van der Waals surface area contributed by atoms with Crippen LogP contribution in [-0.2, 0) is 9.53 Å². The van der Waals surface area contributed by atoms with Gasteiger partial charge in [-0.05, 0) is 24.3 Å². The highest BCUT2D eigenvalue weighted by molar-refractivity contribution is 8.26. The van der Waals surface area contributed by atoms with Crippen LogP contribution < -0.4 is 0 Å². The Hall–Kier alpha value is -2.24. The maximum Gasteiger partial charge on any atom is 0.281 e. The normalized spacial score (nSPS) is 19.3. The minimum Gasteiger partial charge on any atom is -0.456 e. The predicted molar refractivity (Wildman–Crippen MR) is 113 cm³/mol. The molecule has 2 saturated heterocycles. The molecule has 11 heteroatoms. The van der Waals surface area contributed by atoms with E-state index < -0.39 is 4.92 Å². The van der Waals surface area contributed by atoms with E-state index in [1.807, 2.05) is 5.01 Å². The van der Waals surface area contributed by atoms with Crippen molar-refractivity contribution in [3.63, 3.8) is 0 Å². The van der Waals surface area contributed by atoms with E-state index in [0.717, 1.165) is 0 Å². The number of thioether (sulfide) groups is 1. The van der Waals surface area contributed by atoms with Gasteiger partial charge in [-0.25, -0.2) is 10.0 Å². The number of nitrogens with zero attached hydrogens (tertiary/aromatic N) is 3. The van der Waals surface area contributed by atoms with E-state index in [9.17, 15) is 14.9 Å². The van der Waals surface area contributed by atoms with E-state index in [0.29, 0.717) is 52.6 Å². The molecule has 2 aromatic rings. The lowest BCUT2D eigenvalue weighted by molar-refractivity contribution is -0.384. The van der Waals surface area contributed by atoms with E-state index in [2.05, 4.69) is 0 Å². The van der Waals surface area contributed by atoms with Crippen LogP contribution in [0.5, 0.6) is 0 Å². The fourth-order valence-electron chi connectivity index (χ4n) is 3.03. The number of amides is 1. The summed E-state index contributed by atoms with van der Waals surface area (Å²) in [6, 6.07) is 7.62. The SMILES string of the molecule is O=C1C(=Cc2ccc(-c3ccc(Cl)cc3[N+](=O)[O-])o2)SC(=S)N1N1CCOCC1. The maximum absolute atomic E-state index is 12.8. The van der Waals surface area contributed by atoms with Crippen LogP contribution in [0, 0.1) is 10.1 Å². The second-order valence-electron chi connectivity index (χ2n) is 6.18. The van der Waals surface area contributed by atoms with Gasteiger partial charge in [0.1, 0.15) is 11.5 Å². The van der Waals surface area contributed by atoms with Crippen molar-refractivity contribution in [1.29, 1.82) is 0 Å². The quantitative estimate of drug-likeness (QED) is 0.299. The van der Waals surface area contributed by atoms with Crippen LogP contribution in [0.15, 0.2) is 39.7 Å². The summed E-state index contributed by atoms with van der Waals surface area (Å²) < 4.78 is 11.5. The molecule has 0 spiro atoms. The summed E-state index contributed by atoms with van der Waals surface area (Å²) in [5.74, 6) is 0.479. The van der Waals surface area contributed by atoms with Crippen molar-refractivity contribution in [2.75, 3.05) is 26.3 Å². The van der Waals surface area contributed by atoms with E-state index >= 15 is 0 Å². The number of halogens is 1. The first-order chi connectivity index (χ1) is 13.9. The molecule has 0 saturated carbocycles. The third kappa shape index (κ3) is 4.07. The summed E-state index contributed by atoms with van der Waals surface area (Å²) in [6.07, 6.45) is 1.59. The smallest absolute Gasteiger partial charge is 0.281 e. The molecular weight excluding hydrogens is 438 g/mol. The zero-order valence-corrected chi connectivity index (χ0v) is 17.3. The minimum absolute atomic E-state index is 0.156. The summed E-state index contributed by atoms with van der Waals surface area (Å²) in [5.41, 5.74) is 0.150. The van der Waals surface area contributed by atoms with E-state index in [1.54, 1.807) is 24.3 Å². The summed E-state index contributed by atoms with van der Waals surface area (Å²) >= 11 is 12.4. The maximum atomic E-state index is 12.8. The van der Waals surface area contributed by atoms with Gasteiger partial charge in [-0.2, -0.15) is 0 Å². The number of hydrogen-bond donors (Lipinski definition) is 0. The van der Waals surface area contributed by atoms with Crippen molar-refractivity contribution >= 4 is 57.6 Å². The first-order valence-corrected chi connectivity index (χ1v) is 10.2. The molecule has 1 aromatic heterocycles. The topological polar surface area (TPSA) is 89.1 Å². The highest BCUT2D eigenvalue weighted by atomic mass is 35.5. The van der Waals surface area contributed by atoms with Gasteiger partial charge in [-0.3, -0.25) is 14.9 Å². The van der Waals surface area contributed by atoms with Crippen LogP contribution in [0.1, 0.15) is 5.76 Å². The van der Waals surface area contributed by atoms with Crippen molar-refractivity contribution in [1.82, 2.24) is 10.0 Å². The molecule has 4 rings (SSSR count). The second-order valence-corrected chi connectivity index (χ2v) is 8.29. The predicted octanol–water partition coefficient (Wildman–Crippen LogP) is 3.96. The Morgan fingerprint density at radius 1 is 1.24 bits per heavy atom. The van der Waals surface area contributed by atoms with Crippen molar-refractivity contribution in [2.24, 2.45) is 0 Å². The van der Waals surface area contributed by atoms with E-state index in [-0.39, 0.29) is 16.6 Å². The molecule has 3 heterocycles. The Bertz CT molecular complexity index is 1030. The molecule has 0 atom stereocenters. The Kier molecular flexibility index (Phi) is 5.70. The molecular formula is C18H14ClN3O5S2. The van der Waals surface area contributed by atoms with Crippen LogP contribution in [0.4, 0.5) is 5.69 Å². The van der Waals surface area contributed by atoms with Gasteiger partial charge in [-0.1, -0.05) is 35.6 Å². The molecule has 2 fully saturated rings. The van der Waals surface area contributed by atoms with Crippen LogP contribution >= 0.6 is 35.6 Å². The first kappa shape index (κ1) is 20.0. The Morgan fingerprint density at radius 3 is 2.72 bits per heavy atom. The zero-order valence-electron chi connectivity index (χ0n) is 14.9. The molecule has 2 aliphatic rings. The molecule has 1 amide bonds. The molecule has 0 bridgehead atoms. The average Bonchev–Trinajstić information content (AvgIpc) is 3.27. The molecule has 0 aliphatic carbocycles. The van der Waals surface area contributed by atoms with Gasteiger partial charge in [0.25, 0.3) is 11.6 Å². The third-order valence-electron chi connectivity index (χ3n) is 4.37. The third-order valence-corrected chi connectivity index (χ3v) is 5.88. The number of nitro benzene ring substituents is 1. The van der Waals surface area contributed by atoms with Crippen LogP contribution in [0.2, 0.25) is 5.02 Å². The summed E-state index contributed by atoms with van der Waals surface area (Å²) in [5, 5.41) is 14.9. The number of carbonyl (C=O) groups excluding carboxylic acids is 1. The van der Waals surface area contributed by atoms with E-state index in [4.69, 9.17) is 33.0 Å². The van der Waals surface area contributed by atoms with Crippen molar-refractivity contribution < 1.29 is 18.9 Å². The lowest BCUT2D eigenvalue weighted by Crippen LogP contribution is -2.50. The summed E-state index contributed by atoms with van der Waals surface area (Å²) in [7, 11) is 0. The first-order valence-electron chi connectivity index (χ1n) is 8.59. The number of thiocarbonyl (C=S) groups is 1. The fourth-order valence-corrected chi connectivity index (χ4v) is 4.48. The Morgan fingerprint density at radius 2 is 2.00 bits per heavy atom. The largest absolute Gasteiger partial charge is 0.456 e. The fraction of sp³-hybridized carbons (Fsp3) is 0.222. The number of morpholine rings is 1. The lowest BCUT2D eigenvalue weighted by Gasteiger charge is -2.33. The molecule has 8 nitrogen and oxygen atoms in total. The number of rotatable bonds is 4. The van der Waals surface area contributed by atoms with E-state index in [1.165, 1.54) is 28.9 Å². The van der Waals surface area contributed by atoms with Gasteiger partial charge in [-0.15, -0.1) is 0 Å². The highest BCUT2D eigenvalue weighted by Crippen LogP contribution is 2.36. The van der Waals surface area contributed by atoms with Gasteiger partial charge >= 0.3 is 0 Å². The van der Waals surface area contributed by atoms with Crippen LogP contribution in [0.25, 0.3) is 17.4 Å². The number of ether oxygens (including phenoxy) is 1. The Balaban J connectivity index is 1.59. The number of carbonyl (C=O) groups is 1. The zero-order chi connectivity index (χ0) is 20.5. The van der Waals surface area contributed by atoms with Crippen molar-refractivity contribution in [3.05, 3.63) is 56.1 Å². The van der Waals surface area contributed by atoms with Gasteiger partial charge < -0.3 is 9.15 Å². The average molecular weight is 452 g/mol. The number of furan rings is 1. The second kappa shape index (κ2) is 8.25. The molecule has 0 unspecified atom stereocenters. The van der Waals surface area contributed by atoms with Gasteiger partial charge in [0, 0.05) is 30.3 Å². The van der Waals surface area contributed by atoms with Crippen molar-refractivity contribution in [2.45, 2.75) is 0 Å². The molecule has 0 N–H and O–H groups in total. The van der Waals surface area contributed by atoms with Crippen LogP contribution in [0.3, 0.4) is 0 Å². The molecule has 2 aliphatic heterocycles.